The lowest BCUT2D eigenvalue weighted by molar-refractivity contribution is -0.146. The van der Waals surface area contributed by atoms with Gasteiger partial charge in [-0.25, -0.2) is 4.79 Å². The summed E-state index contributed by atoms with van der Waals surface area (Å²) in [7, 11) is 0. The minimum atomic E-state index is -0.683. The van der Waals surface area contributed by atoms with Crippen LogP contribution in [0.3, 0.4) is 0 Å². The molecule has 0 fully saturated rings. The number of anilines is 2. The Balaban J connectivity index is 1.47. The number of halogens is 1. The van der Waals surface area contributed by atoms with E-state index < -0.39 is 11.5 Å². The highest BCUT2D eigenvalue weighted by Crippen LogP contribution is 2.34. The average Bonchev–Trinajstić information content (AvgIpc) is 2.67. The van der Waals surface area contributed by atoms with Crippen LogP contribution in [0.25, 0.3) is 0 Å². The van der Waals surface area contributed by atoms with E-state index in [2.05, 4.69) is 5.32 Å². The summed E-state index contributed by atoms with van der Waals surface area (Å²) in [6.45, 7) is 4.21. The van der Waals surface area contributed by atoms with Crippen LogP contribution in [-0.2, 0) is 14.3 Å². The number of hydrogen-bond acceptors (Lipinski definition) is 5. The van der Waals surface area contributed by atoms with Crippen LogP contribution >= 0.6 is 11.6 Å². The highest BCUT2D eigenvalue weighted by molar-refractivity contribution is 6.30. The fraction of sp³-hybridized carbons (Fsp3) is 0.333. The van der Waals surface area contributed by atoms with Gasteiger partial charge in [-0.15, -0.1) is 0 Å². The molecular weight excluding hydrogens is 380 g/mol. The van der Waals surface area contributed by atoms with Gasteiger partial charge in [0.05, 0.1) is 18.0 Å². The molecule has 6 nitrogen and oxygen atoms in total. The van der Waals surface area contributed by atoms with Gasteiger partial charge in [0.1, 0.15) is 11.3 Å². The number of rotatable bonds is 7. The molecule has 2 aromatic rings. The van der Waals surface area contributed by atoms with Crippen molar-refractivity contribution in [1.29, 1.82) is 0 Å². The lowest BCUT2D eigenvalue weighted by Gasteiger charge is -2.39. The van der Waals surface area contributed by atoms with Gasteiger partial charge in [-0.1, -0.05) is 23.7 Å². The molecule has 1 amide bonds. The van der Waals surface area contributed by atoms with E-state index in [4.69, 9.17) is 21.1 Å². The summed E-state index contributed by atoms with van der Waals surface area (Å²) in [6.07, 6.45) is 0.531. The quantitative estimate of drug-likeness (QED) is 0.562. The fourth-order valence-corrected chi connectivity index (χ4v) is 3.12. The normalized spacial score (nSPS) is 14.8. The van der Waals surface area contributed by atoms with Gasteiger partial charge in [0.25, 0.3) is 5.91 Å². The summed E-state index contributed by atoms with van der Waals surface area (Å²) in [4.78, 5) is 26.3. The third-order valence-corrected chi connectivity index (χ3v) is 4.63. The van der Waals surface area contributed by atoms with E-state index in [1.165, 1.54) is 0 Å². The van der Waals surface area contributed by atoms with E-state index in [1.807, 2.05) is 38.1 Å². The standard InChI is InChI=1S/C21H23ClN2O4/c1-21(2)20(26)24(18-7-4-3-6-17(18)23-21)12-5-13-27-19(25)14-28-16-10-8-15(22)9-11-16/h3-4,6-11,23H,5,12-14H2,1-2H3. The average molecular weight is 403 g/mol. The SMILES string of the molecule is CC1(C)Nc2ccccc2N(CCCOC(=O)COc2ccc(Cl)cc2)C1=O. The largest absolute Gasteiger partial charge is 0.482 e. The minimum absolute atomic E-state index is 0.0106. The molecule has 3 rings (SSSR count). The second-order valence-corrected chi connectivity index (χ2v) is 7.48. The Morgan fingerprint density at radius 1 is 1.14 bits per heavy atom. The zero-order valence-corrected chi connectivity index (χ0v) is 16.7. The van der Waals surface area contributed by atoms with E-state index in [-0.39, 0.29) is 19.1 Å². The maximum Gasteiger partial charge on any atom is 0.344 e. The van der Waals surface area contributed by atoms with Gasteiger partial charge in [-0.3, -0.25) is 4.79 Å². The molecule has 0 aliphatic carbocycles. The third kappa shape index (κ3) is 4.75. The first-order valence-electron chi connectivity index (χ1n) is 9.10. The number of amides is 1. The highest BCUT2D eigenvalue weighted by Gasteiger charge is 2.38. The van der Waals surface area contributed by atoms with Crippen molar-refractivity contribution in [1.82, 2.24) is 0 Å². The highest BCUT2D eigenvalue weighted by atomic mass is 35.5. The summed E-state index contributed by atoms with van der Waals surface area (Å²) in [5, 5.41) is 3.86. The number of para-hydroxylation sites is 2. The second-order valence-electron chi connectivity index (χ2n) is 7.04. The van der Waals surface area contributed by atoms with E-state index in [9.17, 15) is 9.59 Å². The molecule has 1 heterocycles. The van der Waals surface area contributed by atoms with Crippen LogP contribution in [0.15, 0.2) is 48.5 Å². The van der Waals surface area contributed by atoms with Gasteiger partial charge in [0, 0.05) is 11.6 Å². The zero-order chi connectivity index (χ0) is 20.1. The van der Waals surface area contributed by atoms with Gasteiger partial charge < -0.3 is 19.7 Å². The molecule has 0 saturated carbocycles. The lowest BCUT2D eigenvalue weighted by atomic mass is 9.98. The fourth-order valence-electron chi connectivity index (χ4n) is 3.00. The van der Waals surface area contributed by atoms with Crippen molar-refractivity contribution < 1.29 is 19.1 Å². The first kappa shape index (κ1) is 20.0. The van der Waals surface area contributed by atoms with Crippen molar-refractivity contribution in [3.8, 4) is 5.75 Å². The molecule has 0 atom stereocenters. The maximum absolute atomic E-state index is 12.7. The smallest absolute Gasteiger partial charge is 0.344 e. The topological polar surface area (TPSA) is 67.9 Å². The lowest BCUT2D eigenvalue weighted by Crippen LogP contribution is -2.54. The predicted molar refractivity (Wildman–Crippen MR) is 109 cm³/mol. The molecule has 1 aliphatic rings. The Labute approximate surface area is 169 Å². The van der Waals surface area contributed by atoms with Crippen LogP contribution in [0.1, 0.15) is 20.3 Å². The van der Waals surface area contributed by atoms with E-state index in [0.29, 0.717) is 23.7 Å². The minimum Gasteiger partial charge on any atom is -0.482 e. The van der Waals surface area contributed by atoms with Gasteiger partial charge in [0.2, 0.25) is 0 Å². The molecule has 0 saturated heterocycles. The molecule has 0 unspecified atom stereocenters. The van der Waals surface area contributed by atoms with Crippen molar-refractivity contribution in [2.75, 3.05) is 30.0 Å². The molecule has 7 heteroatoms. The number of esters is 1. The van der Waals surface area contributed by atoms with Gasteiger partial charge >= 0.3 is 5.97 Å². The summed E-state index contributed by atoms with van der Waals surface area (Å²) >= 11 is 5.80. The number of carbonyl (C=O) groups is 2. The number of carbonyl (C=O) groups excluding carboxylic acids is 2. The summed E-state index contributed by atoms with van der Waals surface area (Å²) in [6, 6.07) is 14.4. The van der Waals surface area contributed by atoms with Crippen molar-refractivity contribution in [2.45, 2.75) is 25.8 Å². The molecule has 0 aromatic heterocycles. The zero-order valence-electron chi connectivity index (χ0n) is 15.9. The number of nitrogens with one attached hydrogen (secondary N) is 1. The van der Waals surface area contributed by atoms with Crippen LogP contribution in [-0.4, -0.2) is 37.2 Å². The van der Waals surface area contributed by atoms with Crippen LogP contribution in [0, 0.1) is 0 Å². The third-order valence-electron chi connectivity index (χ3n) is 4.38. The summed E-state index contributed by atoms with van der Waals surface area (Å²) in [5.74, 6) is 0.0810. The summed E-state index contributed by atoms with van der Waals surface area (Å²) in [5.41, 5.74) is 1.07. The maximum atomic E-state index is 12.7. The summed E-state index contributed by atoms with van der Waals surface area (Å²) < 4.78 is 10.6. The van der Waals surface area contributed by atoms with Crippen molar-refractivity contribution >= 4 is 34.9 Å². The predicted octanol–water partition coefficient (Wildman–Crippen LogP) is 3.89. The van der Waals surface area contributed by atoms with Gasteiger partial charge in [-0.05, 0) is 56.7 Å². The number of fused-ring (bicyclic) bond motifs is 1. The number of benzene rings is 2. The van der Waals surface area contributed by atoms with Gasteiger partial charge in [-0.2, -0.15) is 0 Å². The Morgan fingerprint density at radius 3 is 2.61 bits per heavy atom. The van der Waals surface area contributed by atoms with Crippen molar-refractivity contribution in [2.24, 2.45) is 0 Å². The van der Waals surface area contributed by atoms with Crippen LogP contribution < -0.4 is 15.0 Å². The Morgan fingerprint density at radius 2 is 1.86 bits per heavy atom. The Kier molecular flexibility index (Phi) is 6.09. The van der Waals surface area contributed by atoms with Crippen molar-refractivity contribution in [3.05, 3.63) is 53.6 Å². The molecule has 28 heavy (non-hydrogen) atoms. The molecule has 1 N–H and O–H groups in total. The number of hydrogen-bond donors (Lipinski definition) is 1. The van der Waals surface area contributed by atoms with E-state index >= 15 is 0 Å². The number of ether oxygens (including phenoxy) is 2. The molecular formula is C21H23ClN2O4. The monoisotopic (exact) mass is 402 g/mol. The van der Waals surface area contributed by atoms with Crippen molar-refractivity contribution in [3.63, 3.8) is 0 Å². The Hall–Kier alpha value is -2.73. The molecule has 0 radical (unpaired) electrons. The molecule has 1 aliphatic heterocycles. The van der Waals surface area contributed by atoms with Gasteiger partial charge in [0.15, 0.2) is 6.61 Å². The van der Waals surface area contributed by atoms with Crippen LogP contribution in [0.2, 0.25) is 5.02 Å². The molecule has 0 bridgehead atoms. The first-order valence-corrected chi connectivity index (χ1v) is 9.48. The molecule has 0 spiro atoms. The molecule has 148 valence electrons. The first-order chi connectivity index (χ1) is 13.4. The Bertz CT molecular complexity index is 852. The van der Waals surface area contributed by atoms with E-state index in [0.717, 1.165) is 11.4 Å². The van der Waals surface area contributed by atoms with Crippen LogP contribution in [0.5, 0.6) is 5.75 Å². The molecule has 2 aromatic carbocycles. The van der Waals surface area contributed by atoms with Crippen LogP contribution in [0.4, 0.5) is 11.4 Å². The van der Waals surface area contributed by atoms with E-state index in [1.54, 1.807) is 29.2 Å². The second kappa shape index (κ2) is 8.52. The number of nitrogens with zero attached hydrogens (tertiary/aromatic N) is 1.